The lowest BCUT2D eigenvalue weighted by atomic mass is 9.99. The molecule has 3 N–H and O–H groups in total. The minimum Gasteiger partial charge on any atom is -0.462 e. The molecule has 0 saturated carbocycles. The number of allylic oxidation sites excluding steroid dienone is 4. The van der Waals surface area contributed by atoms with Crippen molar-refractivity contribution in [3.05, 3.63) is 24.3 Å². The lowest BCUT2D eigenvalue weighted by Crippen LogP contribution is -2.30. The van der Waals surface area contributed by atoms with Gasteiger partial charge in [0.1, 0.15) is 19.3 Å². The largest absolute Gasteiger partial charge is 0.472 e. The fourth-order valence-electron chi connectivity index (χ4n) is 13.4. The van der Waals surface area contributed by atoms with E-state index in [9.17, 15) is 43.2 Å². The first-order valence-electron chi connectivity index (χ1n) is 45.3. The number of esters is 4. The van der Waals surface area contributed by atoms with Crippen LogP contribution in [0.5, 0.6) is 0 Å². The van der Waals surface area contributed by atoms with E-state index < -0.39 is 97.5 Å². The van der Waals surface area contributed by atoms with Crippen molar-refractivity contribution >= 4 is 39.5 Å². The first kappa shape index (κ1) is 106. The summed E-state index contributed by atoms with van der Waals surface area (Å²) in [5, 5.41) is 10.7. The van der Waals surface area contributed by atoms with E-state index in [1.165, 1.54) is 250 Å². The van der Waals surface area contributed by atoms with E-state index in [2.05, 4.69) is 65.8 Å². The molecule has 0 aliphatic heterocycles. The zero-order chi connectivity index (χ0) is 79.2. The van der Waals surface area contributed by atoms with Crippen molar-refractivity contribution in [3.8, 4) is 0 Å². The highest BCUT2D eigenvalue weighted by Crippen LogP contribution is 2.45. The van der Waals surface area contributed by atoms with Crippen LogP contribution in [0, 0.1) is 11.8 Å². The Balaban J connectivity index is 5.26. The monoisotopic (exact) mass is 1570 g/mol. The topological polar surface area (TPSA) is 237 Å². The van der Waals surface area contributed by atoms with E-state index >= 15 is 0 Å². The summed E-state index contributed by atoms with van der Waals surface area (Å²) in [6, 6.07) is 0. The third-order valence-corrected chi connectivity index (χ3v) is 22.6. The van der Waals surface area contributed by atoms with Gasteiger partial charge >= 0.3 is 39.5 Å². The van der Waals surface area contributed by atoms with Gasteiger partial charge in [-0.2, -0.15) is 0 Å². The molecule has 0 bridgehead atoms. The Labute approximate surface area is 663 Å². The highest BCUT2D eigenvalue weighted by molar-refractivity contribution is 7.47. The molecular weight excluding hydrogens is 1400 g/mol. The predicted octanol–water partition coefficient (Wildman–Crippen LogP) is 27.0. The smallest absolute Gasteiger partial charge is 0.462 e. The molecule has 0 amide bonds. The zero-order valence-electron chi connectivity index (χ0n) is 70.6. The molecule has 0 fully saturated rings. The van der Waals surface area contributed by atoms with Crippen LogP contribution < -0.4 is 0 Å². The Morgan fingerprint density at radius 1 is 0.306 bits per heavy atom. The van der Waals surface area contributed by atoms with Gasteiger partial charge in [0.05, 0.1) is 26.4 Å². The molecular formula is C89H170O17P2. The molecule has 19 heteroatoms. The van der Waals surface area contributed by atoms with Gasteiger partial charge in [-0.15, -0.1) is 0 Å². The molecule has 0 spiro atoms. The number of aliphatic hydroxyl groups excluding tert-OH is 1. The molecule has 0 heterocycles. The van der Waals surface area contributed by atoms with Gasteiger partial charge in [-0.1, -0.05) is 400 Å². The van der Waals surface area contributed by atoms with E-state index in [-0.39, 0.29) is 25.7 Å². The Morgan fingerprint density at radius 2 is 0.546 bits per heavy atom. The van der Waals surface area contributed by atoms with Gasteiger partial charge in [0, 0.05) is 25.7 Å². The molecule has 0 rings (SSSR count). The van der Waals surface area contributed by atoms with Crippen LogP contribution >= 0.6 is 15.6 Å². The van der Waals surface area contributed by atoms with E-state index in [1.54, 1.807) is 0 Å². The summed E-state index contributed by atoms with van der Waals surface area (Å²) in [4.78, 5) is 73.3. The molecule has 108 heavy (non-hydrogen) atoms. The van der Waals surface area contributed by atoms with E-state index in [0.29, 0.717) is 25.7 Å². The third kappa shape index (κ3) is 80.2. The average molecular weight is 1570 g/mol. The summed E-state index contributed by atoms with van der Waals surface area (Å²) < 4.78 is 68.9. The van der Waals surface area contributed by atoms with Crippen molar-refractivity contribution in [3.63, 3.8) is 0 Å². The Bertz CT molecular complexity index is 2160. The zero-order valence-corrected chi connectivity index (χ0v) is 72.4. The summed E-state index contributed by atoms with van der Waals surface area (Å²) >= 11 is 0. The highest BCUT2D eigenvalue weighted by Gasteiger charge is 2.30. The van der Waals surface area contributed by atoms with Crippen molar-refractivity contribution in [2.45, 2.75) is 471 Å². The summed E-state index contributed by atoms with van der Waals surface area (Å²) in [6.07, 6.45) is 75.9. The average Bonchev–Trinajstić information content (AvgIpc) is 0.898. The molecule has 3 unspecified atom stereocenters. The predicted molar refractivity (Wildman–Crippen MR) is 446 cm³/mol. The first-order chi connectivity index (χ1) is 52.4. The SMILES string of the molecule is CCCCCC/C=C\C=C/CCCCCCCC(=O)O[C@H](COC(=O)CCCCCCCCCCC(C)C)COP(=O)(O)OC[C@H](O)COP(=O)(O)OC[C@@H](COC(=O)CCCCCCCCCCCCCCCCCCCCCC)OC(=O)CCCCCCCCCCCCCCCCCCCCC(C)CC. The minimum absolute atomic E-state index is 0.0848. The maximum Gasteiger partial charge on any atom is 0.472 e. The molecule has 0 aromatic carbocycles. The normalized spacial score (nSPS) is 14.2. The van der Waals surface area contributed by atoms with Gasteiger partial charge < -0.3 is 33.8 Å². The molecule has 0 aliphatic carbocycles. The van der Waals surface area contributed by atoms with Crippen LogP contribution in [0.1, 0.15) is 452 Å². The third-order valence-electron chi connectivity index (χ3n) is 20.7. The maximum absolute atomic E-state index is 13.2. The van der Waals surface area contributed by atoms with Crippen molar-refractivity contribution in [1.82, 2.24) is 0 Å². The molecule has 0 aromatic heterocycles. The number of phosphoric ester groups is 2. The van der Waals surface area contributed by atoms with Crippen molar-refractivity contribution in [1.29, 1.82) is 0 Å². The second-order valence-electron chi connectivity index (χ2n) is 32.0. The van der Waals surface area contributed by atoms with Gasteiger partial charge in [-0.3, -0.25) is 37.3 Å². The van der Waals surface area contributed by atoms with Gasteiger partial charge in [-0.05, 0) is 63.2 Å². The highest BCUT2D eigenvalue weighted by atomic mass is 31.2. The quantitative estimate of drug-likeness (QED) is 0.0169. The van der Waals surface area contributed by atoms with Gasteiger partial charge in [0.2, 0.25) is 0 Å². The second kappa shape index (κ2) is 79.8. The van der Waals surface area contributed by atoms with Crippen LogP contribution in [0.4, 0.5) is 0 Å². The minimum atomic E-state index is -4.97. The lowest BCUT2D eigenvalue weighted by molar-refractivity contribution is -0.161. The first-order valence-corrected chi connectivity index (χ1v) is 48.3. The van der Waals surface area contributed by atoms with E-state index in [4.69, 9.17) is 37.0 Å². The van der Waals surface area contributed by atoms with Gasteiger partial charge in [-0.25, -0.2) is 9.13 Å². The summed E-state index contributed by atoms with van der Waals surface area (Å²) in [5.41, 5.74) is 0. The molecule has 0 aliphatic rings. The van der Waals surface area contributed by atoms with Crippen LogP contribution in [0.2, 0.25) is 0 Å². The summed E-state index contributed by atoms with van der Waals surface area (Å²) in [6.45, 7) is 9.64. The van der Waals surface area contributed by atoms with Crippen molar-refractivity contribution in [2.75, 3.05) is 39.6 Å². The second-order valence-corrected chi connectivity index (χ2v) is 34.9. The number of hydrogen-bond acceptors (Lipinski definition) is 15. The summed E-state index contributed by atoms with van der Waals surface area (Å²) in [5.74, 6) is -0.538. The molecule has 17 nitrogen and oxygen atoms in total. The van der Waals surface area contributed by atoms with Crippen LogP contribution in [0.25, 0.3) is 0 Å². The standard InChI is InChI=1S/C89H170O17P2/c1-7-10-12-14-16-18-20-22-24-25-26-27-31-35-38-42-46-53-59-65-71-86(91)99-77-84(105-88(93)74-68-62-56-48-44-40-36-32-29-28-30-34-37-41-45-52-58-64-70-82(6)9-3)79-103-107(95,96)101-75-83(90)76-102-108(97,98)104-80-85(78-100-87(92)72-66-60-54-50-49-51-57-63-69-81(4)5)106-89(94)73-67-61-55-47-43-39-33-23-21-19-17-15-13-11-8-2/h19,21,23,33,81-85,90H,7-18,20,22,24-32,34-80H2,1-6H3,(H,95,96)(H,97,98)/b21-19-,33-23-/t82?,83-,84-,85-/m1/s1. The molecule has 0 radical (unpaired) electrons. The Hall–Kier alpha value is -2.46. The van der Waals surface area contributed by atoms with Crippen LogP contribution in [-0.2, 0) is 65.4 Å². The fraction of sp³-hybridized carbons (Fsp3) is 0.910. The van der Waals surface area contributed by atoms with E-state index in [1.807, 2.05) is 0 Å². The molecule has 0 aromatic rings. The van der Waals surface area contributed by atoms with Gasteiger partial charge in [0.15, 0.2) is 12.2 Å². The Kier molecular flexibility index (Phi) is 77.9. The molecule has 0 saturated heterocycles. The molecule has 6 atom stereocenters. The number of carbonyl (C=O) groups is 4. The van der Waals surface area contributed by atoms with Gasteiger partial charge in [0.25, 0.3) is 0 Å². The number of rotatable bonds is 86. The molecule has 638 valence electrons. The van der Waals surface area contributed by atoms with Crippen LogP contribution in [0.3, 0.4) is 0 Å². The fourth-order valence-corrected chi connectivity index (χ4v) is 15.0. The van der Waals surface area contributed by atoms with Crippen LogP contribution in [0.15, 0.2) is 24.3 Å². The number of carbonyl (C=O) groups excluding carboxylic acids is 4. The lowest BCUT2D eigenvalue weighted by Gasteiger charge is -2.21. The number of unbranched alkanes of at least 4 members (excludes halogenated alkanes) is 52. The van der Waals surface area contributed by atoms with Crippen molar-refractivity contribution < 1.29 is 80.2 Å². The number of ether oxygens (including phenoxy) is 4. The number of hydrogen-bond donors (Lipinski definition) is 3. The van der Waals surface area contributed by atoms with E-state index in [0.717, 1.165) is 121 Å². The maximum atomic E-state index is 13.2. The van der Waals surface area contributed by atoms with Crippen LogP contribution in [-0.4, -0.2) is 96.7 Å². The Morgan fingerprint density at radius 3 is 0.833 bits per heavy atom. The summed E-state index contributed by atoms with van der Waals surface area (Å²) in [7, 11) is -9.94. The van der Waals surface area contributed by atoms with Crippen molar-refractivity contribution in [2.24, 2.45) is 11.8 Å². The number of aliphatic hydroxyl groups is 1. The number of phosphoric acid groups is 2.